The van der Waals surface area contributed by atoms with E-state index in [9.17, 15) is 24.6 Å². The Morgan fingerprint density at radius 1 is 0.922 bits per heavy atom. The number of carbonyl (C=O) groups is 3. The number of oxazole rings is 3. The van der Waals surface area contributed by atoms with Crippen molar-refractivity contribution in [2.45, 2.75) is 129 Å². The molecule has 0 radical (unpaired) electrons. The first-order valence-electron chi connectivity index (χ1n) is 22.1. The predicted octanol–water partition coefficient (Wildman–Crippen LogP) is 7.10. The Hall–Kier alpha value is -4.52. The standard InChI is InChI=1S/C47H70N4O13/c1-27-19-33(53)21-43(56)64-41(22-40(58-9)28(2)15-16-37(54)30(4)44(59-10)29(3)17-18-51(7)26-52)32(6)39(57-8)13-12-14-42-48-35(24-61-42)46-50-36(25-63-46)47-49-34(23-62-47)45(60-11)31(5)38(55)20-27/h12,14,17-18,23-33,38-41,44-45,53,55H,13,15-16,19-22H2,1-11H3/b14-12-,18-17+. The van der Waals surface area contributed by atoms with Gasteiger partial charge in [-0.2, -0.15) is 0 Å². The molecule has 13 atom stereocenters. The number of nitrogens with zero attached hydrogens (tertiary/aromatic N) is 4. The van der Waals surface area contributed by atoms with E-state index >= 15 is 0 Å². The molecule has 0 saturated carbocycles. The van der Waals surface area contributed by atoms with Crippen LogP contribution < -0.4 is 0 Å². The van der Waals surface area contributed by atoms with Crippen LogP contribution >= 0.6 is 0 Å². The van der Waals surface area contributed by atoms with E-state index in [-0.39, 0.29) is 66.6 Å². The molecule has 1 aliphatic heterocycles. The first kappa shape index (κ1) is 52.1. The number of carbonyl (C=O) groups excluding carboxylic acids is 3. The van der Waals surface area contributed by atoms with Crippen molar-refractivity contribution >= 4 is 24.2 Å². The number of rotatable bonds is 16. The highest BCUT2D eigenvalue weighted by atomic mass is 16.6. The van der Waals surface area contributed by atoms with E-state index in [0.717, 1.165) is 0 Å². The van der Waals surface area contributed by atoms with Gasteiger partial charge in [-0.15, -0.1) is 0 Å². The third kappa shape index (κ3) is 14.5. The number of aromatic nitrogens is 3. The molecule has 0 saturated heterocycles. The second-order valence-corrected chi connectivity index (χ2v) is 17.5. The van der Waals surface area contributed by atoms with Gasteiger partial charge in [-0.25, -0.2) is 15.0 Å². The highest BCUT2D eigenvalue weighted by Crippen LogP contribution is 2.34. The number of aliphatic hydroxyl groups is 2. The number of amides is 1. The molecule has 13 unspecified atom stereocenters. The van der Waals surface area contributed by atoms with Crippen molar-refractivity contribution in [3.63, 3.8) is 0 Å². The highest BCUT2D eigenvalue weighted by molar-refractivity contribution is 5.81. The maximum atomic E-state index is 13.7. The van der Waals surface area contributed by atoms with Gasteiger partial charge in [0.15, 0.2) is 11.4 Å². The van der Waals surface area contributed by atoms with Gasteiger partial charge in [0.25, 0.3) is 0 Å². The number of ketones is 1. The van der Waals surface area contributed by atoms with Crippen molar-refractivity contribution in [2.24, 2.45) is 35.5 Å². The molecule has 3 aromatic heterocycles. The van der Waals surface area contributed by atoms with E-state index in [1.54, 1.807) is 40.7 Å². The molecular formula is C47H70N4O13. The SMILES string of the molecule is COC(CC1OC(=O)CC(O)CC(C)CC(O)C(C)C(OC)c2coc(n2)-c2coc(n2)-c2coc(n2)/C=C\CC(OC)C1C)C(C)CCC(=O)C(C)C(OC)C(C)/C=C/N(C)C=O. The van der Waals surface area contributed by atoms with Gasteiger partial charge >= 0.3 is 5.97 Å². The highest BCUT2D eigenvalue weighted by Gasteiger charge is 2.35. The first-order chi connectivity index (χ1) is 30.5. The first-order valence-corrected chi connectivity index (χ1v) is 22.1. The van der Waals surface area contributed by atoms with Crippen LogP contribution in [-0.4, -0.2) is 120 Å². The Balaban J connectivity index is 1.55. The average molecular weight is 899 g/mol. The van der Waals surface area contributed by atoms with Gasteiger partial charge in [0.1, 0.15) is 42.5 Å². The summed E-state index contributed by atoms with van der Waals surface area (Å²) < 4.78 is 46.8. The van der Waals surface area contributed by atoms with Crippen LogP contribution in [0.2, 0.25) is 0 Å². The molecular weight excluding hydrogens is 829 g/mol. The van der Waals surface area contributed by atoms with Crippen molar-refractivity contribution < 1.29 is 61.5 Å². The van der Waals surface area contributed by atoms with Crippen LogP contribution in [-0.2, 0) is 38.1 Å². The van der Waals surface area contributed by atoms with Crippen LogP contribution in [0, 0.1) is 35.5 Å². The third-order valence-electron chi connectivity index (χ3n) is 12.6. The van der Waals surface area contributed by atoms with Crippen LogP contribution in [0.25, 0.3) is 29.2 Å². The van der Waals surface area contributed by atoms with Gasteiger partial charge in [0, 0.05) is 78.2 Å². The van der Waals surface area contributed by atoms with Crippen LogP contribution in [0.3, 0.4) is 0 Å². The van der Waals surface area contributed by atoms with Crippen LogP contribution in [0.5, 0.6) is 0 Å². The molecule has 0 fully saturated rings. The molecule has 4 heterocycles. The number of fused-ring (bicyclic) bond motifs is 8. The minimum Gasteiger partial charge on any atom is -0.462 e. The average Bonchev–Trinajstić information content (AvgIpc) is 4.07. The van der Waals surface area contributed by atoms with Gasteiger partial charge < -0.3 is 52.0 Å². The molecule has 64 heavy (non-hydrogen) atoms. The smallest absolute Gasteiger partial charge is 0.308 e. The van der Waals surface area contributed by atoms with Crippen molar-refractivity contribution in [1.82, 2.24) is 19.9 Å². The summed E-state index contributed by atoms with van der Waals surface area (Å²) >= 11 is 0. The van der Waals surface area contributed by atoms with Gasteiger partial charge in [-0.3, -0.25) is 14.4 Å². The van der Waals surface area contributed by atoms with Gasteiger partial charge in [-0.05, 0) is 43.6 Å². The minimum atomic E-state index is -1.03. The minimum absolute atomic E-state index is 0.0411. The molecule has 1 aliphatic rings. The summed E-state index contributed by atoms with van der Waals surface area (Å²) in [5.41, 5.74) is 1.16. The third-order valence-corrected chi connectivity index (χ3v) is 12.6. The number of Topliss-reactive ketones (excluding diaryl/α,β-unsaturated/α-hetero) is 1. The molecule has 3 aromatic rings. The largest absolute Gasteiger partial charge is 0.462 e. The van der Waals surface area contributed by atoms with Gasteiger partial charge in [0.2, 0.25) is 24.1 Å². The Labute approximate surface area is 376 Å². The summed E-state index contributed by atoms with van der Waals surface area (Å²) in [6.07, 6.45) is 9.48. The fraction of sp³-hybridized carbons (Fsp3) is 0.660. The fourth-order valence-electron chi connectivity index (χ4n) is 8.46. The second-order valence-electron chi connectivity index (χ2n) is 17.5. The molecule has 0 aromatic carbocycles. The molecule has 6 bridgehead atoms. The Morgan fingerprint density at radius 3 is 2.28 bits per heavy atom. The molecule has 0 spiro atoms. The maximum Gasteiger partial charge on any atom is 0.308 e. The molecule has 17 heteroatoms. The monoisotopic (exact) mass is 898 g/mol. The topological polar surface area (TPSA) is 219 Å². The van der Waals surface area contributed by atoms with E-state index in [4.69, 9.17) is 36.9 Å². The molecule has 356 valence electrons. The van der Waals surface area contributed by atoms with Crippen LogP contribution in [0.15, 0.2) is 50.4 Å². The van der Waals surface area contributed by atoms with E-state index in [2.05, 4.69) is 15.0 Å². The molecule has 0 aliphatic carbocycles. The summed E-state index contributed by atoms with van der Waals surface area (Å²) in [6.45, 7) is 11.5. The van der Waals surface area contributed by atoms with Crippen LogP contribution in [0.1, 0.15) is 104 Å². The van der Waals surface area contributed by atoms with Crippen molar-refractivity contribution in [3.05, 3.63) is 48.7 Å². The number of hydrogen-bond acceptors (Lipinski definition) is 16. The maximum absolute atomic E-state index is 13.7. The van der Waals surface area contributed by atoms with E-state index in [0.29, 0.717) is 55.1 Å². The van der Waals surface area contributed by atoms with E-state index in [1.165, 1.54) is 30.8 Å². The Kier molecular flexibility index (Phi) is 20.6. The number of aliphatic hydroxyl groups excluding tert-OH is 2. The zero-order valence-corrected chi connectivity index (χ0v) is 39.2. The van der Waals surface area contributed by atoms with Crippen molar-refractivity contribution in [3.8, 4) is 23.2 Å². The zero-order valence-electron chi connectivity index (χ0n) is 39.2. The molecule has 2 N–H and O–H groups in total. The van der Waals surface area contributed by atoms with Crippen LogP contribution in [0.4, 0.5) is 0 Å². The lowest BCUT2D eigenvalue weighted by Gasteiger charge is -2.34. The van der Waals surface area contributed by atoms with Crippen molar-refractivity contribution in [1.29, 1.82) is 0 Å². The summed E-state index contributed by atoms with van der Waals surface area (Å²) in [4.78, 5) is 53.2. The molecule has 4 rings (SSSR count). The number of cyclic esters (lactones) is 1. The second kappa shape index (κ2) is 25.2. The summed E-state index contributed by atoms with van der Waals surface area (Å²) in [5, 5.41) is 22.5. The number of hydrogen-bond donors (Lipinski definition) is 2. The lowest BCUT2D eigenvalue weighted by molar-refractivity contribution is -0.160. The lowest BCUT2D eigenvalue weighted by Crippen LogP contribution is -2.39. The van der Waals surface area contributed by atoms with Crippen molar-refractivity contribution in [2.75, 3.05) is 35.5 Å². The summed E-state index contributed by atoms with van der Waals surface area (Å²) in [6, 6.07) is 0. The molecule has 1 amide bonds. The van der Waals surface area contributed by atoms with Gasteiger partial charge in [-0.1, -0.05) is 53.7 Å². The quantitative estimate of drug-likeness (QED) is 0.108. The fourth-order valence-corrected chi connectivity index (χ4v) is 8.46. The molecule has 17 nitrogen and oxygen atoms in total. The summed E-state index contributed by atoms with van der Waals surface area (Å²) in [5.74, 6) is -1.41. The summed E-state index contributed by atoms with van der Waals surface area (Å²) in [7, 11) is 7.94. The lowest BCUT2D eigenvalue weighted by atomic mass is 9.84. The Morgan fingerprint density at radius 2 is 1.61 bits per heavy atom. The van der Waals surface area contributed by atoms with Gasteiger partial charge in [0.05, 0.1) is 36.9 Å². The Bertz CT molecular complexity index is 1940. The number of esters is 1. The number of methoxy groups -OCH3 is 4. The normalized spacial score (nSPS) is 27.0. The zero-order chi connectivity index (χ0) is 47.1. The van der Waals surface area contributed by atoms with E-state index < -0.39 is 54.4 Å². The van der Waals surface area contributed by atoms with E-state index in [1.807, 2.05) is 53.7 Å². The predicted molar refractivity (Wildman–Crippen MR) is 236 cm³/mol. The number of ether oxygens (including phenoxy) is 5.